The Kier molecular flexibility index (Phi) is 3.92. The van der Waals surface area contributed by atoms with Gasteiger partial charge >= 0.3 is 0 Å². The predicted molar refractivity (Wildman–Crippen MR) is 78.6 cm³/mol. The maximum absolute atomic E-state index is 12.5. The Morgan fingerprint density at radius 2 is 1.74 bits per heavy atom. The van der Waals surface area contributed by atoms with E-state index in [1.807, 2.05) is 44.2 Å². The van der Waals surface area contributed by atoms with Gasteiger partial charge in [0, 0.05) is 13.1 Å². The average Bonchev–Trinajstić information content (AvgIpc) is 2.45. The first kappa shape index (κ1) is 14.0. The highest BCUT2D eigenvalue weighted by Crippen LogP contribution is 2.22. The van der Waals surface area contributed by atoms with E-state index < -0.39 is 10.0 Å². The molecule has 1 atom stereocenters. The molecular formula is C15H19NO2S. The summed E-state index contributed by atoms with van der Waals surface area (Å²) in [6.45, 7) is 3.90. The van der Waals surface area contributed by atoms with Gasteiger partial charge in [-0.2, -0.15) is 4.31 Å². The Morgan fingerprint density at radius 3 is 2.37 bits per heavy atom. The Balaban J connectivity index is 2.49. The van der Waals surface area contributed by atoms with E-state index in [1.54, 1.807) is 19.2 Å². The zero-order valence-corrected chi connectivity index (χ0v) is 12.3. The van der Waals surface area contributed by atoms with Gasteiger partial charge in [-0.15, -0.1) is 0 Å². The first-order valence-electron chi connectivity index (χ1n) is 6.43. The smallest absolute Gasteiger partial charge is 0.207 e. The number of hydrogen-bond donors (Lipinski definition) is 0. The van der Waals surface area contributed by atoms with Crippen LogP contribution in [0.15, 0.2) is 47.4 Å². The van der Waals surface area contributed by atoms with Crippen LogP contribution in [0.5, 0.6) is 0 Å². The van der Waals surface area contributed by atoms with Crippen molar-refractivity contribution in [3.8, 4) is 0 Å². The molecule has 19 heavy (non-hydrogen) atoms. The SMILES string of the molecule is CCC(C)N(C)S(=O)(=O)c1ccc2ccccc2c1. The molecule has 0 saturated carbocycles. The highest BCUT2D eigenvalue weighted by molar-refractivity contribution is 7.89. The molecule has 0 saturated heterocycles. The molecule has 0 aliphatic carbocycles. The van der Waals surface area contributed by atoms with Crippen LogP contribution in [0.25, 0.3) is 10.8 Å². The van der Waals surface area contributed by atoms with Crippen LogP contribution in [-0.4, -0.2) is 25.8 Å². The van der Waals surface area contributed by atoms with Gasteiger partial charge in [-0.25, -0.2) is 8.42 Å². The van der Waals surface area contributed by atoms with E-state index in [1.165, 1.54) is 4.31 Å². The van der Waals surface area contributed by atoms with Crippen LogP contribution in [0.4, 0.5) is 0 Å². The molecule has 4 heteroatoms. The van der Waals surface area contributed by atoms with Crippen molar-refractivity contribution in [1.29, 1.82) is 0 Å². The number of fused-ring (bicyclic) bond motifs is 1. The van der Waals surface area contributed by atoms with Crippen molar-refractivity contribution in [3.63, 3.8) is 0 Å². The molecule has 0 aliphatic rings. The summed E-state index contributed by atoms with van der Waals surface area (Å²) in [4.78, 5) is 0.356. The average molecular weight is 277 g/mol. The third-order valence-electron chi connectivity index (χ3n) is 3.61. The van der Waals surface area contributed by atoms with Crippen molar-refractivity contribution in [2.24, 2.45) is 0 Å². The van der Waals surface area contributed by atoms with Gasteiger partial charge < -0.3 is 0 Å². The second kappa shape index (κ2) is 5.31. The number of sulfonamides is 1. The lowest BCUT2D eigenvalue weighted by atomic mass is 10.1. The standard InChI is InChI=1S/C15H19NO2S/c1-4-12(2)16(3)19(17,18)15-10-9-13-7-5-6-8-14(13)11-15/h5-12H,4H2,1-3H3. The first-order valence-corrected chi connectivity index (χ1v) is 7.87. The molecule has 0 heterocycles. The summed E-state index contributed by atoms with van der Waals surface area (Å²) < 4.78 is 26.4. The van der Waals surface area contributed by atoms with Gasteiger partial charge in [0.05, 0.1) is 4.90 Å². The summed E-state index contributed by atoms with van der Waals surface area (Å²) >= 11 is 0. The normalized spacial score (nSPS) is 13.9. The number of nitrogens with zero attached hydrogens (tertiary/aromatic N) is 1. The zero-order chi connectivity index (χ0) is 14.0. The summed E-state index contributed by atoms with van der Waals surface area (Å²) in [6, 6.07) is 13.0. The topological polar surface area (TPSA) is 37.4 Å². The van der Waals surface area contributed by atoms with Gasteiger partial charge in [-0.1, -0.05) is 37.3 Å². The molecule has 2 aromatic rings. The van der Waals surface area contributed by atoms with Gasteiger partial charge in [-0.3, -0.25) is 0 Å². The molecule has 2 rings (SSSR count). The number of hydrogen-bond acceptors (Lipinski definition) is 2. The molecule has 0 bridgehead atoms. The molecule has 0 aromatic heterocycles. The summed E-state index contributed by atoms with van der Waals surface area (Å²) in [7, 11) is -1.77. The monoisotopic (exact) mass is 277 g/mol. The summed E-state index contributed by atoms with van der Waals surface area (Å²) in [5, 5.41) is 1.99. The van der Waals surface area contributed by atoms with Crippen molar-refractivity contribution >= 4 is 20.8 Å². The third-order valence-corrected chi connectivity index (χ3v) is 5.58. The van der Waals surface area contributed by atoms with Crippen LogP contribution in [0.1, 0.15) is 20.3 Å². The van der Waals surface area contributed by atoms with Crippen molar-refractivity contribution in [2.45, 2.75) is 31.2 Å². The summed E-state index contributed by atoms with van der Waals surface area (Å²) in [6.07, 6.45) is 0.795. The van der Waals surface area contributed by atoms with Crippen molar-refractivity contribution in [1.82, 2.24) is 4.31 Å². The lowest BCUT2D eigenvalue weighted by Crippen LogP contribution is -2.34. The first-order chi connectivity index (χ1) is 8.96. The number of rotatable bonds is 4. The van der Waals surface area contributed by atoms with Crippen LogP contribution in [0.2, 0.25) is 0 Å². The molecule has 3 nitrogen and oxygen atoms in total. The lowest BCUT2D eigenvalue weighted by molar-refractivity contribution is 0.380. The summed E-state index contributed by atoms with van der Waals surface area (Å²) in [5.41, 5.74) is 0. The van der Waals surface area contributed by atoms with E-state index >= 15 is 0 Å². The van der Waals surface area contributed by atoms with Crippen molar-refractivity contribution in [3.05, 3.63) is 42.5 Å². The van der Waals surface area contributed by atoms with Crippen molar-refractivity contribution in [2.75, 3.05) is 7.05 Å². The number of benzene rings is 2. The van der Waals surface area contributed by atoms with Crippen molar-refractivity contribution < 1.29 is 8.42 Å². The highest BCUT2D eigenvalue weighted by atomic mass is 32.2. The Morgan fingerprint density at radius 1 is 1.11 bits per heavy atom. The van der Waals surface area contributed by atoms with E-state index in [2.05, 4.69) is 0 Å². The quantitative estimate of drug-likeness (QED) is 0.860. The molecule has 1 unspecified atom stereocenters. The Labute approximate surface area is 114 Å². The Hall–Kier alpha value is -1.39. The minimum atomic E-state index is -3.41. The van der Waals surface area contributed by atoms with Gasteiger partial charge in [0.2, 0.25) is 10.0 Å². The van der Waals surface area contributed by atoms with Crippen LogP contribution < -0.4 is 0 Å². The molecular weight excluding hydrogens is 258 g/mol. The summed E-state index contributed by atoms with van der Waals surface area (Å²) in [5.74, 6) is 0. The van der Waals surface area contributed by atoms with Crippen LogP contribution in [-0.2, 0) is 10.0 Å². The molecule has 0 amide bonds. The van der Waals surface area contributed by atoms with Crippen LogP contribution in [0.3, 0.4) is 0 Å². The fourth-order valence-corrected chi connectivity index (χ4v) is 3.46. The maximum atomic E-state index is 12.5. The minimum Gasteiger partial charge on any atom is -0.207 e. The minimum absolute atomic E-state index is 0.00327. The second-order valence-electron chi connectivity index (χ2n) is 4.79. The predicted octanol–water partition coefficient (Wildman–Crippen LogP) is 3.26. The fourth-order valence-electron chi connectivity index (χ4n) is 1.99. The van der Waals surface area contributed by atoms with E-state index in [-0.39, 0.29) is 6.04 Å². The fraction of sp³-hybridized carbons (Fsp3) is 0.333. The van der Waals surface area contributed by atoms with E-state index in [0.29, 0.717) is 4.90 Å². The molecule has 0 N–H and O–H groups in total. The molecule has 0 spiro atoms. The Bertz CT molecular complexity index is 679. The van der Waals surface area contributed by atoms with E-state index in [4.69, 9.17) is 0 Å². The van der Waals surface area contributed by atoms with Gasteiger partial charge in [0.1, 0.15) is 0 Å². The third kappa shape index (κ3) is 2.65. The molecule has 0 aliphatic heterocycles. The van der Waals surface area contributed by atoms with E-state index in [0.717, 1.165) is 17.2 Å². The van der Waals surface area contributed by atoms with Gasteiger partial charge in [0.25, 0.3) is 0 Å². The van der Waals surface area contributed by atoms with Gasteiger partial charge in [-0.05, 0) is 36.2 Å². The molecule has 102 valence electrons. The van der Waals surface area contributed by atoms with Gasteiger partial charge in [0.15, 0.2) is 0 Å². The highest BCUT2D eigenvalue weighted by Gasteiger charge is 2.24. The largest absolute Gasteiger partial charge is 0.243 e. The maximum Gasteiger partial charge on any atom is 0.243 e. The molecule has 0 fully saturated rings. The van der Waals surface area contributed by atoms with Crippen LogP contribution in [0, 0.1) is 0 Å². The van der Waals surface area contributed by atoms with Crippen LogP contribution >= 0.6 is 0 Å². The zero-order valence-electron chi connectivity index (χ0n) is 11.5. The molecule has 0 radical (unpaired) electrons. The second-order valence-corrected chi connectivity index (χ2v) is 6.78. The van der Waals surface area contributed by atoms with E-state index in [9.17, 15) is 8.42 Å². The molecule has 2 aromatic carbocycles. The lowest BCUT2D eigenvalue weighted by Gasteiger charge is -2.23.